The van der Waals surface area contributed by atoms with Gasteiger partial charge in [-0.25, -0.2) is 4.79 Å². The molecule has 7 heteroatoms. The summed E-state index contributed by atoms with van der Waals surface area (Å²) in [6, 6.07) is 0. The number of carbonyl (C=O) groups is 2. The van der Waals surface area contributed by atoms with E-state index in [9.17, 15) is 9.59 Å². The quantitative estimate of drug-likeness (QED) is 0.169. The van der Waals surface area contributed by atoms with Gasteiger partial charge in [0, 0.05) is 0 Å². The molecule has 0 amide bonds. The summed E-state index contributed by atoms with van der Waals surface area (Å²) in [6.45, 7) is 9.52. The van der Waals surface area contributed by atoms with Crippen molar-refractivity contribution in [3.8, 4) is 0 Å². The van der Waals surface area contributed by atoms with Crippen molar-refractivity contribution in [3.63, 3.8) is 0 Å². The highest BCUT2D eigenvalue weighted by atomic mass is 16.6. The van der Waals surface area contributed by atoms with Crippen LogP contribution in [0.5, 0.6) is 0 Å². The van der Waals surface area contributed by atoms with Gasteiger partial charge >= 0.3 is 5.97 Å². The lowest BCUT2D eigenvalue weighted by molar-refractivity contribution is -0.148. The highest BCUT2D eigenvalue weighted by Crippen LogP contribution is 1.97. The first kappa shape index (κ1) is 22.2. The van der Waals surface area contributed by atoms with Gasteiger partial charge in [0.2, 0.25) is 0 Å². The standard InChI is InChI=1S/C17H26O7/c1-3-5-16(4-2)14-24-17(19)15-23-13-12-22-11-10-21-9-8-20-7-6-18/h3-6H,1-2,7-15H2/b16-5+. The lowest BCUT2D eigenvalue weighted by atomic mass is 10.2. The Morgan fingerprint density at radius 2 is 1.42 bits per heavy atom. The van der Waals surface area contributed by atoms with Crippen LogP contribution in [0.15, 0.2) is 37.0 Å². The Morgan fingerprint density at radius 3 is 1.96 bits per heavy atom. The van der Waals surface area contributed by atoms with Crippen LogP contribution in [0, 0.1) is 0 Å². The lowest BCUT2D eigenvalue weighted by Gasteiger charge is -2.07. The molecule has 24 heavy (non-hydrogen) atoms. The van der Waals surface area contributed by atoms with Crippen molar-refractivity contribution in [2.75, 3.05) is 59.5 Å². The number of aldehydes is 1. The molecule has 0 aliphatic carbocycles. The van der Waals surface area contributed by atoms with Crippen LogP contribution >= 0.6 is 0 Å². The molecule has 0 aromatic rings. The maximum absolute atomic E-state index is 11.4. The molecule has 0 aliphatic heterocycles. The van der Waals surface area contributed by atoms with E-state index in [1.807, 2.05) is 0 Å². The third kappa shape index (κ3) is 15.1. The summed E-state index contributed by atoms with van der Waals surface area (Å²) in [5, 5.41) is 0. The van der Waals surface area contributed by atoms with Crippen molar-refractivity contribution < 1.29 is 33.3 Å². The van der Waals surface area contributed by atoms with Crippen LogP contribution in [-0.4, -0.2) is 71.7 Å². The van der Waals surface area contributed by atoms with E-state index in [1.54, 1.807) is 18.2 Å². The second-order valence-corrected chi connectivity index (χ2v) is 4.36. The monoisotopic (exact) mass is 342 g/mol. The van der Waals surface area contributed by atoms with Gasteiger partial charge in [-0.05, 0) is 5.57 Å². The summed E-state index contributed by atoms with van der Waals surface area (Å²) < 4.78 is 25.5. The van der Waals surface area contributed by atoms with Crippen LogP contribution in [0.3, 0.4) is 0 Å². The predicted molar refractivity (Wildman–Crippen MR) is 88.8 cm³/mol. The first-order valence-electron chi connectivity index (χ1n) is 7.58. The minimum Gasteiger partial charge on any atom is -0.459 e. The minimum absolute atomic E-state index is 0.0824. The van der Waals surface area contributed by atoms with Gasteiger partial charge < -0.3 is 28.5 Å². The molecule has 0 aliphatic rings. The van der Waals surface area contributed by atoms with E-state index in [4.69, 9.17) is 23.7 Å². The molecule has 0 unspecified atom stereocenters. The van der Waals surface area contributed by atoms with Crippen LogP contribution in [-0.2, 0) is 33.3 Å². The van der Waals surface area contributed by atoms with Crippen LogP contribution in [0.4, 0.5) is 0 Å². The fourth-order valence-electron chi connectivity index (χ4n) is 1.38. The summed E-state index contributed by atoms with van der Waals surface area (Å²) in [6.07, 6.45) is 5.60. The van der Waals surface area contributed by atoms with Crippen LogP contribution in [0.2, 0.25) is 0 Å². The average molecular weight is 342 g/mol. The molecule has 0 bridgehead atoms. The summed E-state index contributed by atoms with van der Waals surface area (Å²) in [4.78, 5) is 21.4. The normalized spacial score (nSPS) is 11.1. The molecule has 0 aromatic carbocycles. The topological polar surface area (TPSA) is 80.3 Å². The van der Waals surface area contributed by atoms with Gasteiger partial charge in [-0.2, -0.15) is 0 Å². The Hall–Kier alpha value is -1.80. The SMILES string of the molecule is C=C/C=C(\C=C)COC(=O)COCCOCCOCCOCC=O. The molecule has 136 valence electrons. The molecular formula is C17H26O7. The Bertz CT molecular complexity index is 390. The fraction of sp³-hybridized carbons (Fsp3) is 0.529. The van der Waals surface area contributed by atoms with Crippen molar-refractivity contribution in [2.24, 2.45) is 0 Å². The van der Waals surface area contributed by atoms with Crippen molar-refractivity contribution in [3.05, 3.63) is 37.0 Å². The number of rotatable bonds is 17. The zero-order valence-electron chi connectivity index (χ0n) is 13.9. The third-order valence-corrected chi connectivity index (χ3v) is 2.52. The predicted octanol–water partition coefficient (Wildman–Crippen LogP) is 1.09. The molecule has 0 N–H and O–H groups in total. The molecule has 0 aromatic heterocycles. The van der Waals surface area contributed by atoms with E-state index in [-0.39, 0.29) is 26.4 Å². The van der Waals surface area contributed by atoms with Gasteiger partial charge in [0.25, 0.3) is 0 Å². The zero-order chi connectivity index (χ0) is 17.9. The fourth-order valence-corrected chi connectivity index (χ4v) is 1.38. The molecule has 0 radical (unpaired) electrons. The Kier molecular flexibility index (Phi) is 16.2. The molecular weight excluding hydrogens is 316 g/mol. The molecule has 0 spiro atoms. The molecule has 0 heterocycles. The summed E-state index contributed by atoms with van der Waals surface area (Å²) >= 11 is 0. The van der Waals surface area contributed by atoms with Gasteiger partial charge in [0.05, 0.1) is 39.6 Å². The van der Waals surface area contributed by atoms with Gasteiger partial charge in [-0.3, -0.25) is 0 Å². The number of ether oxygens (including phenoxy) is 5. The molecule has 0 rings (SSSR count). The first-order chi connectivity index (χ1) is 11.7. The van der Waals surface area contributed by atoms with Gasteiger partial charge in [0.1, 0.15) is 26.1 Å². The van der Waals surface area contributed by atoms with E-state index in [1.165, 1.54) is 0 Å². The van der Waals surface area contributed by atoms with Crippen molar-refractivity contribution >= 4 is 12.3 Å². The second-order valence-electron chi connectivity index (χ2n) is 4.36. The number of hydrogen-bond acceptors (Lipinski definition) is 7. The molecule has 7 nitrogen and oxygen atoms in total. The van der Waals surface area contributed by atoms with Crippen LogP contribution < -0.4 is 0 Å². The minimum atomic E-state index is -0.453. The van der Waals surface area contributed by atoms with Gasteiger partial charge in [-0.15, -0.1) is 0 Å². The maximum atomic E-state index is 11.4. The van der Waals surface area contributed by atoms with E-state index < -0.39 is 5.97 Å². The third-order valence-electron chi connectivity index (χ3n) is 2.52. The second kappa shape index (κ2) is 17.6. The van der Waals surface area contributed by atoms with E-state index in [2.05, 4.69) is 13.2 Å². The van der Waals surface area contributed by atoms with Gasteiger partial charge in [-0.1, -0.05) is 31.4 Å². The van der Waals surface area contributed by atoms with Crippen molar-refractivity contribution in [1.29, 1.82) is 0 Å². The Balaban J connectivity index is 3.36. The zero-order valence-corrected chi connectivity index (χ0v) is 13.9. The number of carbonyl (C=O) groups excluding carboxylic acids is 2. The van der Waals surface area contributed by atoms with E-state index >= 15 is 0 Å². The van der Waals surface area contributed by atoms with Crippen molar-refractivity contribution in [1.82, 2.24) is 0 Å². The highest BCUT2D eigenvalue weighted by molar-refractivity contribution is 5.70. The Labute approximate surface area is 142 Å². The molecule has 0 atom stereocenters. The first-order valence-corrected chi connectivity index (χ1v) is 7.58. The summed E-state index contributed by atoms with van der Waals surface area (Å²) in [5.41, 5.74) is 0.762. The molecule has 0 fully saturated rings. The van der Waals surface area contributed by atoms with E-state index in [0.717, 1.165) is 5.57 Å². The summed E-state index contributed by atoms with van der Waals surface area (Å²) in [7, 11) is 0. The Morgan fingerprint density at radius 1 is 0.833 bits per heavy atom. The van der Waals surface area contributed by atoms with Crippen molar-refractivity contribution in [2.45, 2.75) is 0 Å². The smallest absolute Gasteiger partial charge is 0.332 e. The lowest BCUT2D eigenvalue weighted by Crippen LogP contribution is -2.17. The van der Waals surface area contributed by atoms with Crippen LogP contribution in [0.25, 0.3) is 0 Å². The number of hydrogen-bond donors (Lipinski definition) is 0. The number of allylic oxidation sites excluding steroid dienone is 2. The van der Waals surface area contributed by atoms with Crippen LogP contribution in [0.1, 0.15) is 0 Å². The van der Waals surface area contributed by atoms with E-state index in [0.29, 0.717) is 39.3 Å². The highest BCUT2D eigenvalue weighted by Gasteiger charge is 2.03. The summed E-state index contributed by atoms with van der Waals surface area (Å²) in [5.74, 6) is -0.453. The largest absolute Gasteiger partial charge is 0.459 e. The molecule has 0 saturated heterocycles. The molecule has 0 saturated carbocycles. The number of esters is 1. The average Bonchev–Trinajstić information content (AvgIpc) is 2.59. The maximum Gasteiger partial charge on any atom is 0.332 e. The van der Waals surface area contributed by atoms with Gasteiger partial charge in [0.15, 0.2) is 0 Å².